The van der Waals surface area contributed by atoms with E-state index in [-0.39, 0.29) is 18.4 Å². The molecule has 2 rings (SSSR count). The molecule has 2 aromatic rings. The fraction of sp³-hybridized carbons (Fsp3) is 0.263. The molecule has 0 aromatic heterocycles. The van der Waals surface area contributed by atoms with E-state index >= 15 is 0 Å². The third kappa shape index (κ3) is 5.94. The number of carbonyl (C=O) groups excluding carboxylic acids is 1. The lowest BCUT2D eigenvalue weighted by Gasteiger charge is -2.18. The van der Waals surface area contributed by atoms with Crippen molar-refractivity contribution in [3.05, 3.63) is 71.8 Å². The minimum absolute atomic E-state index is 0.0263. The molecule has 0 fully saturated rings. The van der Waals surface area contributed by atoms with Gasteiger partial charge in [-0.2, -0.15) is 0 Å². The molecule has 4 heteroatoms. The number of rotatable bonds is 8. The molecule has 23 heavy (non-hydrogen) atoms. The Hall–Kier alpha value is -2.62. The first-order valence-electron chi connectivity index (χ1n) is 7.75. The Morgan fingerprint density at radius 3 is 2.13 bits per heavy atom. The molecule has 1 atom stereocenters. The van der Waals surface area contributed by atoms with E-state index in [0.29, 0.717) is 19.3 Å². The second-order valence-electron chi connectivity index (χ2n) is 5.45. The van der Waals surface area contributed by atoms with Crippen molar-refractivity contribution in [2.24, 2.45) is 0 Å². The van der Waals surface area contributed by atoms with Gasteiger partial charge in [-0.3, -0.25) is 9.59 Å². The number of carbonyl (C=O) groups is 2. The molecule has 2 aromatic carbocycles. The number of aryl methyl sites for hydroxylation is 1. The smallest absolute Gasteiger partial charge is 0.303 e. The highest BCUT2D eigenvalue weighted by Gasteiger charge is 2.15. The third-order valence-electron chi connectivity index (χ3n) is 3.67. The summed E-state index contributed by atoms with van der Waals surface area (Å²) in [5.74, 6) is -0.919. The van der Waals surface area contributed by atoms with Gasteiger partial charge >= 0.3 is 5.97 Å². The van der Waals surface area contributed by atoms with Crippen LogP contribution in [0.2, 0.25) is 0 Å². The van der Waals surface area contributed by atoms with Crippen LogP contribution in [0.5, 0.6) is 0 Å². The third-order valence-corrected chi connectivity index (χ3v) is 3.67. The molecule has 0 aliphatic carbocycles. The maximum absolute atomic E-state index is 12.2. The van der Waals surface area contributed by atoms with Gasteiger partial charge in [-0.15, -0.1) is 0 Å². The van der Waals surface area contributed by atoms with Gasteiger partial charge < -0.3 is 10.4 Å². The van der Waals surface area contributed by atoms with E-state index < -0.39 is 5.97 Å². The summed E-state index contributed by atoms with van der Waals surface area (Å²) in [7, 11) is 0. The summed E-state index contributed by atoms with van der Waals surface area (Å²) < 4.78 is 0. The highest BCUT2D eigenvalue weighted by molar-refractivity contribution is 5.76. The van der Waals surface area contributed by atoms with Crippen molar-refractivity contribution in [3.63, 3.8) is 0 Å². The van der Waals surface area contributed by atoms with E-state index in [4.69, 9.17) is 5.11 Å². The molecule has 0 bridgehead atoms. The van der Waals surface area contributed by atoms with Crippen LogP contribution in [0.4, 0.5) is 0 Å². The van der Waals surface area contributed by atoms with Gasteiger partial charge in [0.1, 0.15) is 0 Å². The first-order valence-corrected chi connectivity index (χ1v) is 7.75. The largest absolute Gasteiger partial charge is 0.481 e. The quantitative estimate of drug-likeness (QED) is 0.785. The SMILES string of the molecule is O=C(O)CCC(NC(=O)CCc1ccccc1)c1ccccc1. The van der Waals surface area contributed by atoms with Gasteiger partial charge in [-0.05, 0) is 24.0 Å². The summed E-state index contributed by atoms with van der Waals surface area (Å²) in [6, 6.07) is 19.1. The molecular formula is C19H21NO3. The van der Waals surface area contributed by atoms with Crippen LogP contribution < -0.4 is 5.32 Å². The Morgan fingerprint density at radius 2 is 1.52 bits per heavy atom. The van der Waals surface area contributed by atoms with Gasteiger partial charge in [0, 0.05) is 12.8 Å². The fourth-order valence-corrected chi connectivity index (χ4v) is 2.44. The Kier molecular flexibility index (Phi) is 6.36. The fourth-order valence-electron chi connectivity index (χ4n) is 2.44. The van der Waals surface area contributed by atoms with Crippen LogP contribution >= 0.6 is 0 Å². The van der Waals surface area contributed by atoms with Crippen LogP contribution in [0.3, 0.4) is 0 Å². The number of aliphatic carboxylic acids is 1. The highest BCUT2D eigenvalue weighted by atomic mass is 16.4. The molecule has 120 valence electrons. The molecule has 1 unspecified atom stereocenters. The van der Waals surface area contributed by atoms with Crippen molar-refractivity contribution in [1.82, 2.24) is 5.32 Å². The molecule has 0 aliphatic rings. The van der Waals surface area contributed by atoms with E-state index in [2.05, 4.69) is 5.32 Å². The molecule has 0 radical (unpaired) electrons. The van der Waals surface area contributed by atoms with Gasteiger partial charge in [-0.25, -0.2) is 0 Å². The average Bonchev–Trinajstić information content (AvgIpc) is 2.58. The molecule has 0 saturated carbocycles. The monoisotopic (exact) mass is 311 g/mol. The molecule has 0 spiro atoms. The molecule has 0 heterocycles. The molecule has 2 N–H and O–H groups in total. The summed E-state index contributed by atoms with van der Waals surface area (Å²) in [5, 5.41) is 11.8. The summed E-state index contributed by atoms with van der Waals surface area (Å²) >= 11 is 0. The number of nitrogens with one attached hydrogen (secondary N) is 1. The summed E-state index contributed by atoms with van der Waals surface area (Å²) in [6.45, 7) is 0. The molecular weight excluding hydrogens is 290 g/mol. The van der Waals surface area contributed by atoms with E-state index in [1.165, 1.54) is 0 Å². The van der Waals surface area contributed by atoms with Crippen LogP contribution in [0.1, 0.15) is 36.4 Å². The summed E-state index contributed by atoms with van der Waals surface area (Å²) in [5.41, 5.74) is 2.05. The predicted molar refractivity (Wildman–Crippen MR) is 89.0 cm³/mol. The summed E-state index contributed by atoms with van der Waals surface area (Å²) in [4.78, 5) is 23.0. The Morgan fingerprint density at radius 1 is 0.913 bits per heavy atom. The Balaban J connectivity index is 1.93. The van der Waals surface area contributed by atoms with Crippen molar-refractivity contribution >= 4 is 11.9 Å². The van der Waals surface area contributed by atoms with Crippen molar-refractivity contribution in [2.45, 2.75) is 31.7 Å². The number of hydrogen-bond donors (Lipinski definition) is 2. The van der Waals surface area contributed by atoms with Gasteiger partial charge in [0.2, 0.25) is 5.91 Å². The molecule has 4 nitrogen and oxygen atoms in total. The number of amides is 1. The first-order chi connectivity index (χ1) is 11.1. The van der Waals surface area contributed by atoms with E-state index in [9.17, 15) is 9.59 Å². The number of hydrogen-bond acceptors (Lipinski definition) is 2. The lowest BCUT2D eigenvalue weighted by atomic mass is 10.0. The highest BCUT2D eigenvalue weighted by Crippen LogP contribution is 2.18. The van der Waals surface area contributed by atoms with Crippen LogP contribution in [0, 0.1) is 0 Å². The zero-order chi connectivity index (χ0) is 16.5. The Bertz CT molecular complexity index is 626. The lowest BCUT2D eigenvalue weighted by molar-refractivity contribution is -0.137. The van der Waals surface area contributed by atoms with Crippen LogP contribution in [-0.2, 0) is 16.0 Å². The van der Waals surface area contributed by atoms with Crippen LogP contribution in [0.25, 0.3) is 0 Å². The number of carboxylic acid groups (broad SMARTS) is 1. The number of benzene rings is 2. The normalized spacial score (nSPS) is 11.7. The van der Waals surface area contributed by atoms with E-state index in [1.54, 1.807) is 0 Å². The molecule has 0 saturated heterocycles. The zero-order valence-electron chi connectivity index (χ0n) is 12.9. The second kappa shape index (κ2) is 8.73. The van der Waals surface area contributed by atoms with Gasteiger partial charge in [0.05, 0.1) is 6.04 Å². The van der Waals surface area contributed by atoms with E-state index in [1.807, 2.05) is 60.7 Å². The second-order valence-corrected chi connectivity index (χ2v) is 5.45. The van der Waals surface area contributed by atoms with Crippen molar-refractivity contribution < 1.29 is 14.7 Å². The lowest BCUT2D eigenvalue weighted by Crippen LogP contribution is -2.29. The van der Waals surface area contributed by atoms with E-state index in [0.717, 1.165) is 11.1 Å². The zero-order valence-corrected chi connectivity index (χ0v) is 12.9. The maximum atomic E-state index is 12.2. The van der Waals surface area contributed by atoms with Crippen molar-refractivity contribution in [1.29, 1.82) is 0 Å². The summed E-state index contributed by atoms with van der Waals surface area (Å²) in [6.07, 6.45) is 1.47. The molecule has 1 amide bonds. The predicted octanol–water partition coefficient (Wildman–Crippen LogP) is 3.34. The van der Waals surface area contributed by atoms with Crippen molar-refractivity contribution in [2.75, 3.05) is 0 Å². The maximum Gasteiger partial charge on any atom is 0.303 e. The topological polar surface area (TPSA) is 66.4 Å². The minimum Gasteiger partial charge on any atom is -0.481 e. The number of carboxylic acids is 1. The molecule has 0 aliphatic heterocycles. The Labute approximate surface area is 136 Å². The van der Waals surface area contributed by atoms with Gasteiger partial charge in [0.25, 0.3) is 0 Å². The van der Waals surface area contributed by atoms with Crippen molar-refractivity contribution in [3.8, 4) is 0 Å². The van der Waals surface area contributed by atoms with Gasteiger partial charge in [0.15, 0.2) is 0 Å². The average molecular weight is 311 g/mol. The van der Waals surface area contributed by atoms with Gasteiger partial charge in [-0.1, -0.05) is 60.7 Å². The minimum atomic E-state index is -0.857. The van der Waals surface area contributed by atoms with Crippen LogP contribution in [-0.4, -0.2) is 17.0 Å². The van der Waals surface area contributed by atoms with Crippen LogP contribution in [0.15, 0.2) is 60.7 Å². The standard InChI is InChI=1S/C19H21NO3/c21-18(13-11-15-7-3-1-4-8-15)20-17(12-14-19(22)23)16-9-5-2-6-10-16/h1-10,17H,11-14H2,(H,20,21)(H,22,23). The first kappa shape index (κ1) is 16.7.